The number of hydrogen-bond donors (Lipinski definition) is 0. The van der Waals surface area contributed by atoms with Gasteiger partial charge in [-0.25, -0.2) is 0 Å². The summed E-state index contributed by atoms with van der Waals surface area (Å²) in [5.74, 6) is -0.0308. The first-order valence-electron chi connectivity index (χ1n) is 7.33. The maximum absolute atomic E-state index is 12.9. The van der Waals surface area contributed by atoms with E-state index in [1.807, 2.05) is 30.5 Å². The fourth-order valence-electron chi connectivity index (χ4n) is 3.28. The van der Waals surface area contributed by atoms with Crippen molar-refractivity contribution in [3.8, 4) is 6.07 Å². The number of thiophene rings is 1. The van der Waals surface area contributed by atoms with Crippen LogP contribution in [0.3, 0.4) is 0 Å². The summed E-state index contributed by atoms with van der Waals surface area (Å²) in [4.78, 5) is 15.3. The van der Waals surface area contributed by atoms with Crippen molar-refractivity contribution in [2.75, 3.05) is 6.54 Å². The van der Waals surface area contributed by atoms with E-state index in [9.17, 15) is 4.79 Å². The summed E-state index contributed by atoms with van der Waals surface area (Å²) in [6.07, 6.45) is 1.93. The molecule has 2 aromatic rings. The number of aromatic nitrogens is 2. The van der Waals surface area contributed by atoms with E-state index in [0.717, 1.165) is 36.3 Å². The molecular formula is C16H18N4OS. The van der Waals surface area contributed by atoms with Gasteiger partial charge in [0.15, 0.2) is 0 Å². The van der Waals surface area contributed by atoms with E-state index in [4.69, 9.17) is 5.26 Å². The third-order valence-corrected chi connectivity index (χ3v) is 5.29. The number of rotatable bonds is 2. The number of nitriles is 1. The molecule has 1 unspecified atom stereocenters. The highest BCUT2D eigenvalue weighted by atomic mass is 32.1. The molecule has 0 saturated carbocycles. The van der Waals surface area contributed by atoms with Crippen molar-refractivity contribution in [3.05, 3.63) is 38.8 Å². The summed E-state index contributed by atoms with van der Waals surface area (Å²) in [5, 5.41) is 15.4. The monoisotopic (exact) mass is 314 g/mol. The van der Waals surface area contributed by atoms with Crippen LogP contribution in [0.4, 0.5) is 0 Å². The minimum absolute atomic E-state index is 0.0308. The highest BCUT2D eigenvalue weighted by Gasteiger charge is 2.35. The first-order chi connectivity index (χ1) is 10.5. The van der Waals surface area contributed by atoms with Crippen LogP contribution in [0.5, 0.6) is 0 Å². The Bertz CT molecular complexity index is 768. The second-order valence-corrected chi connectivity index (χ2v) is 6.56. The molecule has 2 aromatic heterocycles. The number of aryl methyl sites for hydroxylation is 2. The number of carbonyl (C=O) groups is 1. The van der Waals surface area contributed by atoms with Crippen LogP contribution in [0, 0.1) is 25.2 Å². The average molecular weight is 314 g/mol. The van der Waals surface area contributed by atoms with Gasteiger partial charge in [0.2, 0.25) is 0 Å². The van der Waals surface area contributed by atoms with Gasteiger partial charge in [-0.15, -0.1) is 11.3 Å². The minimum atomic E-state index is -0.0308. The standard InChI is InChI=1S/C16H18N4OS/c1-10-14(11(2)19(3)18-10)13-5-4-7-20(13)16(21)15-12(9-17)6-8-22-15/h6,8,13H,4-5,7H2,1-3H3. The molecule has 1 amide bonds. The lowest BCUT2D eigenvalue weighted by Gasteiger charge is -2.25. The molecule has 1 fully saturated rings. The van der Waals surface area contributed by atoms with E-state index in [1.54, 1.807) is 11.4 Å². The topological polar surface area (TPSA) is 61.9 Å². The Morgan fingerprint density at radius 2 is 2.27 bits per heavy atom. The molecule has 0 aliphatic carbocycles. The van der Waals surface area contributed by atoms with Crippen LogP contribution in [0.25, 0.3) is 0 Å². The zero-order chi connectivity index (χ0) is 15.9. The summed E-state index contributed by atoms with van der Waals surface area (Å²) < 4.78 is 1.87. The summed E-state index contributed by atoms with van der Waals surface area (Å²) >= 11 is 1.35. The summed E-state index contributed by atoms with van der Waals surface area (Å²) in [6.45, 7) is 4.78. The Morgan fingerprint density at radius 3 is 2.91 bits per heavy atom. The van der Waals surface area contributed by atoms with Gasteiger partial charge in [0, 0.05) is 24.8 Å². The van der Waals surface area contributed by atoms with Gasteiger partial charge >= 0.3 is 0 Å². The van der Waals surface area contributed by atoms with Crippen LogP contribution in [0.15, 0.2) is 11.4 Å². The molecular weight excluding hydrogens is 296 g/mol. The van der Waals surface area contributed by atoms with E-state index >= 15 is 0 Å². The summed E-state index contributed by atoms with van der Waals surface area (Å²) in [6, 6.07) is 3.88. The smallest absolute Gasteiger partial charge is 0.265 e. The van der Waals surface area contributed by atoms with Crippen LogP contribution in [-0.2, 0) is 7.05 Å². The quantitative estimate of drug-likeness (QED) is 0.856. The molecule has 3 heterocycles. The molecule has 1 saturated heterocycles. The molecule has 114 valence electrons. The Labute approximate surface area is 133 Å². The molecule has 0 aromatic carbocycles. The molecule has 1 aliphatic rings. The zero-order valence-electron chi connectivity index (χ0n) is 13.0. The summed E-state index contributed by atoms with van der Waals surface area (Å²) in [5.41, 5.74) is 3.72. The van der Waals surface area contributed by atoms with Crippen LogP contribution in [0.2, 0.25) is 0 Å². The number of hydrogen-bond acceptors (Lipinski definition) is 4. The van der Waals surface area contributed by atoms with Crippen LogP contribution in [0.1, 0.15) is 51.1 Å². The Morgan fingerprint density at radius 1 is 1.50 bits per heavy atom. The van der Waals surface area contributed by atoms with Gasteiger partial charge in [0.1, 0.15) is 10.9 Å². The van der Waals surface area contributed by atoms with Gasteiger partial charge in [-0.2, -0.15) is 10.4 Å². The van der Waals surface area contributed by atoms with Crippen molar-refractivity contribution in [2.24, 2.45) is 7.05 Å². The minimum Gasteiger partial charge on any atom is -0.331 e. The summed E-state index contributed by atoms with van der Waals surface area (Å²) in [7, 11) is 1.93. The van der Waals surface area contributed by atoms with Crippen LogP contribution < -0.4 is 0 Å². The van der Waals surface area contributed by atoms with Crippen molar-refractivity contribution >= 4 is 17.2 Å². The van der Waals surface area contributed by atoms with E-state index in [1.165, 1.54) is 11.3 Å². The van der Waals surface area contributed by atoms with E-state index < -0.39 is 0 Å². The largest absolute Gasteiger partial charge is 0.331 e. The fraction of sp³-hybridized carbons (Fsp3) is 0.438. The zero-order valence-corrected chi connectivity index (χ0v) is 13.8. The third-order valence-electron chi connectivity index (χ3n) is 4.39. The highest BCUT2D eigenvalue weighted by Crippen LogP contribution is 2.37. The molecule has 0 N–H and O–H groups in total. The molecule has 1 aliphatic heterocycles. The Balaban J connectivity index is 1.97. The average Bonchev–Trinajstić information content (AvgIpc) is 3.19. The van der Waals surface area contributed by atoms with Crippen molar-refractivity contribution in [1.82, 2.24) is 14.7 Å². The van der Waals surface area contributed by atoms with Crippen molar-refractivity contribution in [3.63, 3.8) is 0 Å². The second kappa shape index (κ2) is 5.58. The van der Waals surface area contributed by atoms with Gasteiger partial charge in [0.25, 0.3) is 5.91 Å². The number of likely N-dealkylation sites (tertiary alicyclic amines) is 1. The first kappa shape index (κ1) is 14.8. The van der Waals surface area contributed by atoms with Gasteiger partial charge in [0.05, 0.1) is 17.3 Å². The second-order valence-electron chi connectivity index (χ2n) is 5.64. The Kier molecular flexibility index (Phi) is 3.75. The lowest BCUT2D eigenvalue weighted by Crippen LogP contribution is -2.31. The number of amides is 1. The lowest BCUT2D eigenvalue weighted by atomic mass is 10.0. The third kappa shape index (κ3) is 2.22. The fourth-order valence-corrected chi connectivity index (χ4v) is 4.07. The molecule has 22 heavy (non-hydrogen) atoms. The molecule has 3 rings (SSSR count). The molecule has 5 nitrogen and oxygen atoms in total. The van der Waals surface area contributed by atoms with Gasteiger partial charge in [-0.1, -0.05) is 0 Å². The Hall–Kier alpha value is -2.13. The predicted molar refractivity (Wildman–Crippen MR) is 84.7 cm³/mol. The highest BCUT2D eigenvalue weighted by molar-refractivity contribution is 7.12. The predicted octanol–water partition coefficient (Wildman–Crippen LogP) is 2.95. The van der Waals surface area contributed by atoms with Gasteiger partial charge in [-0.05, 0) is 38.1 Å². The van der Waals surface area contributed by atoms with Crippen molar-refractivity contribution in [1.29, 1.82) is 5.26 Å². The molecule has 1 atom stereocenters. The van der Waals surface area contributed by atoms with Gasteiger partial charge in [-0.3, -0.25) is 9.48 Å². The number of carbonyl (C=O) groups excluding carboxylic acids is 1. The van der Waals surface area contributed by atoms with E-state index in [2.05, 4.69) is 11.2 Å². The van der Waals surface area contributed by atoms with Crippen LogP contribution >= 0.6 is 11.3 Å². The van der Waals surface area contributed by atoms with Gasteiger partial charge < -0.3 is 4.90 Å². The SMILES string of the molecule is Cc1nn(C)c(C)c1C1CCCN1C(=O)c1sccc1C#N. The molecule has 0 spiro atoms. The maximum Gasteiger partial charge on any atom is 0.265 e. The normalized spacial score (nSPS) is 17.7. The maximum atomic E-state index is 12.9. The first-order valence-corrected chi connectivity index (χ1v) is 8.21. The lowest BCUT2D eigenvalue weighted by molar-refractivity contribution is 0.0739. The molecule has 0 radical (unpaired) electrons. The molecule has 6 heteroatoms. The molecule has 0 bridgehead atoms. The number of nitrogens with zero attached hydrogens (tertiary/aromatic N) is 4. The van der Waals surface area contributed by atoms with E-state index in [-0.39, 0.29) is 11.9 Å². The van der Waals surface area contributed by atoms with Crippen molar-refractivity contribution in [2.45, 2.75) is 32.7 Å². The van der Waals surface area contributed by atoms with Crippen molar-refractivity contribution < 1.29 is 4.79 Å². The van der Waals surface area contributed by atoms with E-state index in [0.29, 0.717) is 10.4 Å². The van der Waals surface area contributed by atoms with Crippen LogP contribution in [-0.4, -0.2) is 27.1 Å².